The molecule has 24 heavy (non-hydrogen) atoms. The molecule has 0 aliphatic heterocycles. The van der Waals surface area contributed by atoms with Gasteiger partial charge in [0.25, 0.3) is 5.91 Å². The first kappa shape index (κ1) is 17.7. The molecule has 1 amide bonds. The molecule has 1 N–H and O–H groups in total. The van der Waals surface area contributed by atoms with E-state index in [1.54, 1.807) is 31.2 Å². The highest BCUT2D eigenvalue weighted by atomic mass is 19.1. The summed E-state index contributed by atoms with van der Waals surface area (Å²) >= 11 is 0. The maximum Gasteiger partial charge on any atom is 0.271 e. The zero-order valence-corrected chi connectivity index (χ0v) is 14.2. The van der Waals surface area contributed by atoms with Crippen molar-refractivity contribution in [1.29, 1.82) is 0 Å². The lowest BCUT2D eigenvalue weighted by Gasteiger charge is -2.20. The van der Waals surface area contributed by atoms with Crippen molar-refractivity contribution in [2.75, 3.05) is 18.0 Å². The van der Waals surface area contributed by atoms with E-state index in [4.69, 9.17) is 0 Å². The van der Waals surface area contributed by atoms with Crippen LogP contribution >= 0.6 is 0 Å². The highest BCUT2D eigenvalue weighted by molar-refractivity contribution is 6.00. The SMILES string of the molecule is CCN(CC)c1ccc(C(=O)N/N=C(\C)c2cccc(F)c2)cc1. The number of halogens is 1. The maximum atomic E-state index is 13.2. The normalized spacial score (nSPS) is 11.2. The molecule has 5 heteroatoms. The number of hydrogen-bond donors (Lipinski definition) is 1. The van der Waals surface area contributed by atoms with Gasteiger partial charge in [-0.15, -0.1) is 0 Å². The van der Waals surface area contributed by atoms with Crippen LogP contribution in [0.15, 0.2) is 53.6 Å². The summed E-state index contributed by atoms with van der Waals surface area (Å²) in [5.74, 6) is -0.628. The molecule has 2 aromatic carbocycles. The molecule has 0 atom stereocenters. The molecule has 0 spiro atoms. The lowest BCUT2D eigenvalue weighted by atomic mass is 10.1. The highest BCUT2D eigenvalue weighted by Crippen LogP contribution is 2.15. The molecular weight excluding hydrogens is 305 g/mol. The second-order valence-electron chi connectivity index (χ2n) is 5.37. The van der Waals surface area contributed by atoms with Gasteiger partial charge in [-0.1, -0.05) is 12.1 Å². The predicted molar refractivity (Wildman–Crippen MR) is 96.1 cm³/mol. The third-order valence-corrected chi connectivity index (χ3v) is 3.83. The van der Waals surface area contributed by atoms with Gasteiger partial charge in [0.1, 0.15) is 5.82 Å². The average Bonchev–Trinajstić information content (AvgIpc) is 2.61. The van der Waals surface area contributed by atoms with Crippen LogP contribution in [0.25, 0.3) is 0 Å². The van der Waals surface area contributed by atoms with Crippen molar-refractivity contribution in [1.82, 2.24) is 5.43 Å². The van der Waals surface area contributed by atoms with Gasteiger partial charge < -0.3 is 4.90 Å². The van der Waals surface area contributed by atoms with Crippen molar-refractivity contribution in [3.63, 3.8) is 0 Å². The summed E-state index contributed by atoms with van der Waals surface area (Å²) < 4.78 is 13.2. The molecule has 0 aliphatic rings. The van der Waals surface area contributed by atoms with E-state index in [0.29, 0.717) is 16.8 Å². The number of nitrogens with zero attached hydrogens (tertiary/aromatic N) is 2. The van der Waals surface area contributed by atoms with E-state index in [1.165, 1.54) is 12.1 Å². The molecule has 2 aromatic rings. The number of rotatable bonds is 6. The van der Waals surface area contributed by atoms with Crippen LogP contribution in [0.2, 0.25) is 0 Å². The Balaban J connectivity index is 2.05. The standard InChI is InChI=1S/C19H22FN3O/c1-4-23(5-2)18-11-9-15(10-12-18)19(24)22-21-14(3)16-7-6-8-17(20)13-16/h6-13H,4-5H2,1-3H3,(H,22,24)/b21-14+. The van der Waals surface area contributed by atoms with Crippen LogP contribution in [-0.4, -0.2) is 24.7 Å². The van der Waals surface area contributed by atoms with Crippen molar-refractivity contribution in [2.24, 2.45) is 5.10 Å². The Kier molecular flexibility index (Phi) is 6.07. The lowest BCUT2D eigenvalue weighted by molar-refractivity contribution is 0.0955. The van der Waals surface area contributed by atoms with Crippen molar-refractivity contribution in [3.05, 3.63) is 65.5 Å². The predicted octanol–water partition coefficient (Wildman–Crippen LogP) is 3.83. The van der Waals surface area contributed by atoms with E-state index >= 15 is 0 Å². The molecule has 4 nitrogen and oxygen atoms in total. The fourth-order valence-electron chi connectivity index (χ4n) is 2.39. The molecule has 2 rings (SSSR count). The largest absolute Gasteiger partial charge is 0.372 e. The quantitative estimate of drug-likeness (QED) is 0.647. The smallest absolute Gasteiger partial charge is 0.271 e. The molecule has 126 valence electrons. The summed E-state index contributed by atoms with van der Waals surface area (Å²) in [5, 5.41) is 4.04. The minimum absolute atomic E-state index is 0.295. The second-order valence-corrected chi connectivity index (χ2v) is 5.37. The van der Waals surface area contributed by atoms with Crippen LogP contribution < -0.4 is 10.3 Å². The van der Waals surface area contributed by atoms with E-state index in [2.05, 4.69) is 29.3 Å². The van der Waals surface area contributed by atoms with Gasteiger partial charge in [0.15, 0.2) is 0 Å². The third-order valence-electron chi connectivity index (χ3n) is 3.83. The number of hydrazone groups is 1. The Morgan fingerprint density at radius 1 is 1.08 bits per heavy atom. The number of carbonyl (C=O) groups excluding carboxylic acids is 1. The lowest BCUT2D eigenvalue weighted by Crippen LogP contribution is -2.22. The van der Waals surface area contributed by atoms with Crippen LogP contribution in [-0.2, 0) is 0 Å². The van der Waals surface area contributed by atoms with Crippen molar-refractivity contribution >= 4 is 17.3 Å². The summed E-state index contributed by atoms with van der Waals surface area (Å²) in [6, 6.07) is 13.5. The van der Waals surface area contributed by atoms with Gasteiger partial charge in [0, 0.05) is 29.9 Å². The molecule has 0 saturated carbocycles. The van der Waals surface area contributed by atoms with Gasteiger partial charge in [-0.3, -0.25) is 4.79 Å². The number of nitrogens with one attached hydrogen (secondary N) is 1. The summed E-state index contributed by atoms with van der Waals surface area (Å²) in [5.41, 5.74) is 5.29. The maximum absolute atomic E-state index is 13.2. The van der Waals surface area contributed by atoms with E-state index in [1.807, 2.05) is 12.1 Å². The number of amides is 1. The molecular formula is C19H22FN3O. The zero-order chi connectivity index (χ0) is 17.5. The number of hydrogen-bond acceptors (Lipinski definition) is 3. The van der Waals surface area contributed by atoms with Gasteiger partial charge in [-0.2, -0.15) is 5.10 Å². The van der Waals surface area contributed by atoms with Crippen LogP contribution in [0.3, 0.4) is 0 Å². The molecule has 0 bridgehead atoms. The van der Waals surface area contributed by atoms with Crippen LogP contribution in [0.5, 0.6) is 0 Å². The third kappa shape index (κ3) is 4.41. The molecule has 0 aliphatic carbocycles. The fraction of sp³-hybridized carbons (Fsp3) is 0.263. The first-order chi connectivity index (χ1) is 11.5. The average molecular weight is 327 g/mol. The Morgan fingerprint density at radius 2 is 1.75 bits per heavy atom. The number of benzene rings is 2. The highest BCUT2D eigenvalue weighted by Gasteiger charge is 2.07. The fourth-order valence-corrected chi connectivity index (χ4v) is 2.39. The number of carbonyl (C=O) groups is 1. The topological polar surface area (TPSA) is 44.7 Å². The Morgan fingerprint density at radius 3 is 2.33 bits per heavy atom. The Labute approximate surface area is 142 Å². The summed E-state index contributed by atoms with van der Waals surface area (Å²) in [7, 11) is 0. The molecule has 0 saturated heterocycles. The van der Waals surface area contributed by atoms with Crippen molar-refractivity contribution in [2.45, 2.75) is 20.8 Å². The van der Waals surface area contributed by atoms with Crippen molar-refractivity contribution < 1.29 is 9.18 Å². The summed E-state index contributed by atoms with van der Waals surface area (Å²) in [6.07, 6.45) is 0. The van der Waals surface area contributed by atoms with E-state index in [9.17, 15) is 9.18 Å². The number of anilines is 1. The van der Waals surface area contributed by atoms with Crippen molar-refractivity contribution in [3.8, 4) is 0 Å². The molecule has 0 heterocycles. The first-order valence-corrected chi connectivity index (χ1v) is 8.00. The van der Waals surface area contributed by atoms with Gasteiger partial charge in [0.2, 0.25) is 0 Å². The van der Waals surface area contributed by atoms with E-state index in [-0.39, 0.29) is 11.7 Å². The first-order valence-electron chi connectivity index (χ1n) is 8.00. The molecule has 0 aromatic heterocycles. The Hall–Kier alpha value is -2.69. The summed E-state index contributed by atoms with van der Waals surface area (Å²) in [6.45, 7) is 7.74. The second kappa shape index (κ2) is 8.24. The van der Waals surface area contributed by atoms with E-state index < -0.39 is 0 Å². The minimum atomic E-state index is -0.333. The van der Waals surface area contributed by atoms with Crippen LogP contribution in [0.1, 0.15) is 36.7 Å². The van der Waals surface area contributed by atoms with Gasteiger partial charge >= 0.3 is 0 Å². The van der Waals surface area contributed by atoms with Gasteiger partial charge in [-0.25, -0.2) is 9.82 Å². The van der Waals surface area contributed by atoms with Gasteiger partial charge in [0.05, 0.1) is 5.71 Å². The molecule has 0 radical (unpaired) electrons. The van der Waals surface area contributed by atoms with Crippen LogP contribution in [0.4, 0.5) is 10.1 Å². The summed E-state index contributed by atoms with van der Waals surface area (Å²) in [4.78, 5) is 14.4. The zero-order valence-electron chi connectivity index (χ0n) is 14.2. The monoisotopic (exact) mass is 327 g/mol. The minimum Gasteiger partial charge on any atom is -0.372 e. The van der Waals surface area contributed by atoms with Gasteiger partial charge in [-0.05, 0) is 57.2 Å². The van der Waals surface area contributed by atoms with E-state index in [0.717, 1.165) is 18.8 Å². The molecule has 0 unspecified atom stereocenters. The van der Waals surface area contributed by atoms with Crippen LogP contribution in [0, 0.1) is 5.82 Å². The molecule has 0 fully saturated rings. The Bertz CT molecular complexity index is 722.